The highest BCUT2D eigenvalue weighted by Gasteiger charge is 2.20. The summed E-state index contributed by atoms with van der Waals surface area (Å²) in [7, 11) is 0. The monoisotopic (exact) mass is 512 g/mol. The standard InChI is InChI=1S/C25H48N6O5/c1-22(30-36)14-8-7-10-15-26-20-24(34)31(19-13-6-5-9-16-27-21-32)25(35)29-18-12-4-3-11-17-28-23(2)33/h22,26,30,36H,3-20H2,1-2H3,(H,28,33)(H,29,35). The van der Waals surface area contributed by atoms with E-state index < -0.39 is 0 Å². The Bertz CT molecular complexity index is 642. The zero-order valence-corrected chi connectivity index (χ0v) is 22.3. The van der Waals surface area contributed by atoms with Crippen LogP contribution in [0.5, 0.6) is 0 Å². The number of hydrogen-bond acceptors (Lipinski definition) is 8. The summed E-state index contributed by atoms with van der Waals surface area (Å²) in [5.74, 6) is -0.271. The van der Waals surface area contributed by atoms with E-state index in [-0.39, 0.29) is 30.4 Å². The maximum atomic E-state index is 12.7. The molecule has 0 saturated heterocycles. The highest BCUT2D eigenvalue weighted by molar-refractivity contribution is 5.95. The zero-order chi connectivity index (χ0) is 26.9. The molecule has 5 N–H and O–H groups in total. The van der Waals surface area contributed by atoms with Gasteiger partial charge in [-0.05, 0) is 52.0 Å². The van der Waals surface area contributed by atoms with E-state index in [2.05, 4.69) is 26.4 Å². The van der Waals surface area contributed by atoms with E-state index in [1.54, 1.807) is 0 Å². The third kappa shape index (κ3) is 21.0. The molecule has 0 aromatic carbocycles. The number of amides is 4. The molecule has 0 radical (unpaired) electrons. The molecule has 0 aromatic heterocycles. The third-order valence-corrected chi connectivity index (χ3v) is 5.75. The van der Waals surface area contributed by atoms with Gasteiger partial charge in [0.15, 0.2) is 0 Å². The lowest BCUT2D eigenvalue weighted by Gasteiger charge is -2.22. The van der Waals surface area contributed by atoms with Gasteiger partial charge in [-0.15, -0.1) is 0 Å². The van der Waals surface area contributed by atoms with E-state index >= 15 is 0 Å². The van der Waals surface area contributed by atoms with Crippen LogP contribution in [0.1, 0.15) is 90.9 Å². The van der Waals surface area contributed by atoms with E-state index in [1.165, 1.54) is 17.9 Å². The maximum absolute atomic E-state index is 12.7. The highest BCUT2D eigenvalue weighted by atomic mass is 16.5. The molecule has 0 aliphatic carbocycles. The molecular formula is C25H48N6O5. The van der Waals surface area contributed by atoms with Gasteiger partial charge in [0.2, 0.25) is 17.9 Å². The summed E-state index contributed by atoms with van der Waals surface area (Å²) in [6.45, 7) is 6.20. The van der Waals surface area contributed by atoms with Crippen molar-refractivity contribution in [2.45, 2.75) is 96.9 Å². The number of rotatable bonds is 23. The number of unbranched alkanes of at least 4 members (excludes halogenated alkanes) is 8. The van der Waals surface area contributed by atoms with Crippen LogP contribution in [-0.2, 0) is 14.4 Å². The fraction of sp³-hybridized carbons (Fsp3) is 0.840. The Kier molecular flexibility index (Phi) is 22.8. The van der Waals surface area contributed by atoms with Crippen LogP contribution in [0, 0.1) is 0 Å². The maximum Gasteiger partial charge on any atom is 0.324 e. The largest absolute Gasteiger partial charge is 0.356 e. The first-order chi connectivity index (χ1) is 17.4. The average Bonchev–Trinajstić information content (AvgIpc) is 2.86. The Morgan fingerprint density at radius 3 is 2.14 bits per heavy atom. The molecule has 1 unspecified atom stereocenters. The number of hydrogen-bond donors (Lipinski definition) is 5. The van der Waals surface area contributed by atoms with Crippen LogP contribution in [0.3, 0.4) is 0 Å². The summed E-state index contributed by atoms with van der Waals surface area (Å²) in [6.07, 6.45) is 12.1. The molecule has 0 aliphatic heterocycles. The Morgan fingerprint density at radius 2 is 1.47 bits per heavy atom. The van der Waals surface area contributed by atoms with Crippen molar-refractivity contribution in [3.05, 3.63) is 0 Å². The van der Waals surface area contributed by atoms with Crippen LogP contribution >= 0.6 is 0 Å². The van der Waals surface area contributed by atoms with Gasteiger partial charge in [0.1, 0.15) is 0 Å². The first kappa shape index (κ1) is 33.7. The first-order valence-corrected chi connectivity index (χ1v) is 13.4. The van der Waals surface area contributed by atoms with Crippen LogP contribution < -0.4 is 21.4 Å². The average molecular weight is 513 g/mol. The Labute approximate surface area is 216 Å². The topological polar surface area (TPSA) is 152 Å². The fourth-order valence-corrected chi connectivity index (χ4v) is 3.59. The third-order valence-electron chi connectivity index (χ3n) is 5.75. The van der Waals surface area contributed by atoms with Crippen molar-refractivity contribution in [3.8, 4) is 0 Å². The quantitative estimate of drug-likeness (QED) is 0.0611. The molecule has 11 heteroatoms. The van der Waals surface area contributed by atoms with Crippen molar-refractivity contribution in [3.63, 3.8) is 0 Å². The van der Waals surface area contributed by atoms with Gasteiger partial charge >= 0.3 is 6.03 Å². The van der Waals surface area contributed by atoms with Gasteiger partial charge in [0.25, 0.3) is 0 Å². The van der Waals surface area contributed by atoms with Crippen LogP contribution in [-0.4, -0.2) is 79.3 Å². The van der Waals surface area contributed by atoms with Crippen LogP contribution in [0.15, 0.2) is 4.99 Å². The van der Waals surface area contributed by atoms with E-state index in [1.807, 2.05) is 6.92 Å². The number of nitrogens with zero attached hydrogens (tertiary/aromatic N) is 2. The minimum Gasteiger partial charge on any atom is -0.356 e. The molecule has 0 aliphatic rings. The number of aliphatic imine (C=N–C) groups is 1. The second kappa shape index (κ2) is 24.4. The Morgan fingerprint density at radius 1 is 0.861 bits per heavy atom. The second-order valence-corrected chi connectivity index (χ2v) is 9.12. The minimum atomic E-state index is -0.365. The molecule has 0 spiro atoms. The summed E-state index contributed by atoms with van der Waals surface area (Å²) in [6, 6.07) is -0.288. The summed E-state index contributed by atoms with van der Waals surface area (Å²) in [4.78, 5) is 51.2. The minimum absolute atomic E-state index is 0.0267. The molecule has 0 heterocycles. The highest BCUT2D eigenvalue weighted by Crippen LogP contribution is 2.05. The van der Waals surface area contributed by atoms with Crippen LogP contribution in [0.25, 0.3) is 0 Å². The van der Waals surface area contributed by atoms with Crippen molar-refractivity contribution in [1.82, 2.24) is 26.3 Å². The predicted molar refractivity (Wildman–Crippen MR) is 139 cm³/mol. The first-order valence-electron chi connectivity index (χ1n) is 13.4. The van der Waals surface area contributed by atoms with Gasteiger partial charge in [-0.1, -0.05) is 38.5 Å². The number of hydroxylamine groups is 1. The molecule has 4 amide bonds. The molecule has 36 heavy (non-hydrogen) atoms. The van der Waals surface area contributed by atoms with Crippen molar-refractivity contribution in [2.24, 2.45) is 4.99 Å². The lowest BCUT2D eigenvalue weighted by molar-refractivity contribution is -0.127. The zero-order valence-electron chi connectivity index (χ0n) is 22.3. The molecule has 0 fully saturated rings. The van der Waals surface area contributed by atoms with E-state index in [4.69, 9.17) is 5.21 Å². The number of urea groups is 1. The fourth-order valence-electron chi connectivity index (χ4n) is 3.59. The summed E-state index contributed by atoms with van der Waals surface area (Å²) in [5.41, 5.74) is 2.23. The molecule has 0 rings (SSSR count). The van der Waals surface area contributed by atoms with Crippen molar-refractivity contribution in [1.29, 1.82) is 0 Å². The van der Waals surface area contributed by atoms with Gasteiger partial charge in [-0.3, -0.25) is 14.5 Å². The smallest absolute Gasteiger partial charge is 0.324 e. The van der Waals surface area contributed by atoms with E-state index in [0.717, 1.165) is 70.6 Å². The lowest BCUT2D eigenvalue weighted by atomic mass is 10.1. The van der Waals surface area contributed by atoms with Gasteiger partial charge in [0, 0.05) is 32.6 Å². The summed E-state index contributed by atoms with van der Waals surface area (Å²) in [5, 5.41) is 17.6. The van der Waals surface area contributed by atoms with Gasteiger partial charge in [-0.2, -0.15) is 0 Å². The Balaban J connectivity index is 4.33. The van der Waals surface area contributed by atoms with Gasteiger partial charge in [0.05, 0.1) is 13.1 Å². The van der Waals surface area contributed by atoms with Crippen molar-refractivity contribution in [2.75, 3.05) is 39.3 Å². The Hall–Kier alpha value is -2.33. The SMILES string of the molecule is CC(=O)NCCCCCCNC(=O)N(CCCCCCN=C=O)C(=O)CNCCCCCC(C)NO. The van der Waals surface area contributed by atoms with Crippen LogP contribution in [0.4, 0.5) is 4.79 Å². The molecule has 0 saturated carbocycles. The van der Waals surface area contributed by atoms with Crippen LogP contribution in [0.2, 0.25) is 0 Å². The molecule has 208 valence electrons. The predicted octanol–water partition coefficient (Wildman–Crippen LogP) is 2.63. The normalized spacial score (nSPS) is 11.4. The van der Waals surface area contributed by atoms with Crippen molar-refractivity contribution < 1.29 is 24.4 Å². The molecule has 0 aromatic rings. The molecule has 0 bridgehead atoms. The second-order valence-electron chi connectivity index (χ2n) is 9.12. The molecule has 1 atom stereocenters. The number of carbonyl (C=O) groups is 3. The van der Waals surface area contributed by atoms with Gasteiger partial charge in [-0.25, -0.2) is 20.1 Å². The number of nitrogens with one attached hydrogen (secondary N) is 4. The van der Waals surface area contributed by atoms with Crippen molar-refractivity contribution >= 4 is 23.9 Å². The molecule has 11 nitrogen and oxygen atoms in total. The summed E-state index contributed by atoms with van der Waals surface area (Å²) < 4.78 is 0. The number of carbonyl (C=O) groups excluding carboxylic acids is 4. The van der Waals surface area contributed by atoms with E-state index in [0.29, 0.717) is 39.1 Å². The molecular weight excluding hydrogens is 464 g/mol. The lowest BCUT2D eigenvalue weighted by Crippen LogP contribution is -2.47. The number of isocyanates is 1. The van der Waals surface area contributed by atoms with Gasteiger partial charge < -0.3 is 21.2 Å². The number of imide groups is 1. The summed E-state index contributed by atoms with van der Waals surface area (Å²) >= 11 is 0. The van der Waals surface area contributed by atoms with E-state index in [9.17, 15) is 19.2 Å².